The smallest absolute Gasteiger partial charge is 0.253 e. The molecule has 3 amide bonds. The SMILES string of the molecule is CCCN(CCC)C(=O)c1cc(C(N)=O)cc(C(=O)NC(Cc2cc(F)cc(F)c2)C(O)CN(CC)NS(=O)(=O)Cc2ccccc2)c1. The molecule has 48 heavy (non-hydrogen) atoms. The molecule has 0 aliphatic heterocycles. The molecule has 3 aromatic carbocycles. The molecule has 5 N–H and O–H groups in total. The van der Waals surface area contributed by atoms with Crippen molar-refractivity contribution in [3.05, 3.63) is 106 Å². The Morgan fingerprint density at radius 2 is 1.44 bits per heavy atom. The number of hydrogen-bond donors (Lipinski definition) is 4. The lowest BCUT2D eigenvalue weighted by atomic mass is 9.99. The number of hydrogen-bond acceptors (Lipinski definition) is 7. The average molecular weight is 688 g/mol. The van der Waals surface area contributed by atoms with Crippen LogP contribution in [-0.2, 0) is 22.2 Å². The summed E-state index contributed by atoms with van der Waals surface area (Å²) < 4.78 is 54.0. The van der Waals surface area contributed by atoms with E-state index in [4.69, 9.17) is 5.73 Å². The van der Waals surface area contributed by atoms with Gasteiger partial charge in [-0.3, -0.25) is 14.4 Å². The molecule has 14 heteroatoms. The maximum absolute atomic E-state index is 14.1. The summed E-state index contributed by atoms with van der Waals surface area (Å²) in [5.74, 6) is -4.13. The number of aliphatic hydroxyl groups is 1. The van der Waals surface area contributed by atoms with E-state index in [1.54, 1.807) is 42.2 Å². The van der Waals surface area contributed by atoms with Gasteiger partial charge in [0.1, 0.15) is 11.6 Å². The molecule has 11 nitrogen and oxygen atoms in total. The fraction of sp³-hybridized carbons (Fsp3) is 0.382. The second kappa shape index (κ2) is 17.8. The van der Waals surface area contributed by atoms with Crippen LogP contribution < -0.4 is 15.9 Å². The third-order valence-electron chi connectivity index (χ3n) is 7.42. The standard InChI is InChI=1S/C34H43F2N5O6S/c1-4-12-40(13-5-2)34(45)27-18-25(32(37)43)17-26(19-27)33(44)38-30(16-24-14-28(35)20-29(36)15-24)31(42)21-41(6-3)39-48(46,47)22-23-10-8-7-9-11-23/h7-11,14-15,17-20,30-31,39,42H,4-6,12-13,16,21-22H2,1-3H3,(H2,37,43)(H,38,44). The minimum absolute atomic E-state index is 0.0626. The molecule has 0 bridgehead atoms. The Hall–Kier alpha value is -4.24. The summed E-state index contributed by atoms with van der Waals surface area (Å²) in [6.45, 7) is 6.20. The average Bonchev–Trinajstić information content (AvgIpc) is 3.03. The molecule has 3 rings (SSSR count). The van der Waals surface area contributed by atoms with Gasteiger partial charge in [0.2, 0.25) is 15.9 Å². The molecule has 0 radical (unpaired) electrons. The van der Waals surface area contributed by atoms with Gasteiger partial charge in [0, 0.05) is 48.9 Å². The number of halogens is 2. The Morgan fingerprint density at radius 1 is 0.854 bits per heavy atom. The first-order valence-electron chi connectivity index (χ1n) is 15.7. The van der Waals surface area contributed by atoms with Gasteiger partial charge in [-0.2, -0.15) is 0 Å². The first-order valence-corrected chi connectivity index (χ1v) is 17.4. The van der Waals surface area contributed by atoms with Crippen LogP contribution in [-0.4, -0.2) is 79.5 Å². The number of likely N-dealkylation sites (N-methyl/N-ethyl adjacent to an activating group) is 1. The highest BCUT2D eigenvalue weighted by Gasteiger charge is 2.28. The third kappa shape index (κ3) is 11.5. The maximum Gasteiger partial charge on any atom is 0.253 e. The van der Waals surface area contributed by atoms with E-state index in [1.807, 2.05) is 13.8 Å². The molecule has 0 saturated carbocycles. The van der Waals surface area contributed by atoms with Crippen LogP contribution >= 0.6 is 0 Å². The molecule has 2 atom stereocenters. The molecular formula is C34H43F2N5O6S. The number of amides is 3. The highest BCUT2D eigenvalue weighted by molar-refractivity contribution is 7.88. The highest BCUT2D eigenvalue weighted by atomic mass is 32.2. The topological polar surface area (TPSA) is 162 Å². The lowest BCUT2D eigenvalue weighted by Gasteiger charge is -2.30. The van der Waals surface area contributed by atoms with Crippen molar-refractivity contribution < 1.29 is 36.7 Å². The number of hydrazine groups is 1. The number of nitrogens with zero attached hydrogens (tertiary/aromatic N) is 2. The van der Waals surface area contributed by atoms with Crippen molar-refractivity contribution in [3.63, 3.8) is 0 Å². The van der Waals surface area contributed by atoms with Crippen LogP contribution in [0.3, 0.4) is 0 Å². The van der Waals surface area contributed by atoms with Crippen LogP contribution in [0.1, 0.15) is 75.8 Å². The zero-order valence-electron chi connectivity index (χ0n) is 27.3. The zero-order chi connectivity index (χ0) is 35.4. The minimum Gasteiger partial charge on any atom is -0.390 e. The molecule has 0 aliphatic rings. The Bertz CT molecular complexity index is 1650. The first-order chi connectivity index (χ1) is 22.7. The van der Waals surface area contributed by atoms with Gasteiger partial charge in [-0.05, 0) is 60.7 Å². The Labute approximate surface area is 280 Å². The van der Waals surface area contributed by atoms with Gasteiger partial charge in [0.05, 0.1) is 17.9 Å². The van der Waals surface area contributed by atoms with Gasteiger partial charge in [-0.25, -0.2) is 22.2 Å². The molecule has 0 heterocycles. The summed E-state index contributed by atoms with van der Waals surface area (Å²) in [7, 11) is -3.90. The van der Waals surface area contributed by atoms with E-state index in [2.05, 4.69) is 10.1 Å². The second-order valence-corrected chi connectivity index (χ2v) is 13.2. The molecule has 260 valence electrons. The third-order valence-corrected chi connectivity index (χ3v) is 8.67. The summed E-state index contributed by atoms with van der Waals surface area (Å²) in [6, 6.07) is 13.9. The first kappa shape index (κ1) is 38.2. The monoisotopic (exact) mass is 687 g/mol. The number of carbonyl (C=O) groups is 3. The number of sulfonamides is 1. The van der Waals surface area contributed by atoms with Crippen LogP contribution in [0.4, 0.5) is 8.78 Å². The van der Waals surface area contributed by atoms with E-state index in [0.717, 1.165) is 12.1 Å². The number of rotatable bonds is 18. The normalized spacial score (nSPS) is 12.8. The van der Waals surface area contributed by atoms with Crippen molar-refractivity contribution in [1.29, 1.82) is 0 Å². The van der Waals surface area contributed by atoms with Crippen LogP contribution in [0.5, 0.6) is 0 Å². The van der Waals surface area contributed by atoms with Gasteiger partial charge in [0.15, 0.2) is 0 Å². The fourth-order valence-electron chi connectivity index (χ4n) is 5.19. The molecule has 0 aliphatic carbocycles. The van der Waals surface area contributed by atoms with E-state index < -0.39 is 51.5 Å². The van der Waals surface area contributed by atoms with Crippen LogP contribution in [0.25, 0.3) is 0 Å². The lowest BCUT2D eigenvalue weighted by Crippen LogP contribution is -2.53. The van der Waals surface area contributed by atoms with Crippen LogP contribution in [0, 0.1) is 11.6 Å². The van der Waals surface area contributed by atoms with Gasteiger partial charge in [0.25, 0.3) is 11.8 Å². The molecule has 0 saturated heterocycles. The van der Waals surface area contributed by atoms with E-state index in [-0.39, 0.29) is 47.5 Å². The van der Waals surface area contributed by atoms with Crippen molar-refractivity contribution >= 4 is 27.7 Å². The maximum atomic E-state index is 14.1. The summed E-state index contributed by atoms with van der Waals surface area (Å²) >= 11 is 0. The van der Waals surface area contributed by atoms with Crippen molar-refractivity contribution in [2.75, 3.05) is 26.2 Å². The van der Waals surface area contributed by atoms with Gasteiger partial charge in [-0.1, -0.05) is 51.1 Å². The largest absolute Gasteiger partial charge is 0.390 e. The van der Waals surface area contributed by atoms with E-state index >= 15 is 0 Å². The fourth-order valence-corrected chi connectivity index (χ4v) is 6.48. The van der Waals surface area contributed by atoms with E-state index in [1.165, 1.54) is 23.2 Å². The summed E-state index contributed by atoms with van der Waals surface area (Å²) in [5.41, 5.74) is 6.05. The number of primary amides is 1. The lowest BCUT2D eigenvalue weighted by molar-refractivity contribution is 0.0634. The molecule has 0 aromatic heterocycles. The Morgan fingerprint density at radius 3 is 2.00 bits per heavy atom. The van der Waals surface area contributed by atoms with Crippen molar-refractivity contribution in [2.45, 2.75) is 57.9 Å². The molecule has 0 fully saturated rings. The Balaban J connectivity index is 1.92. The highest BCUT2D eigenvalue weighted by Crippen LogP contribution is 2.17. The Kier molecular flexibility index (Phi) is 14.2. The predicted octanol–water partition coefficient (Wildman–Crippen LogP) is 3.38. The molecule has 0 spiro atoms. The molecular weight excluding hydrogens is 644 g/mol. The second-order valence-electron chi connectivity index (χ2n) is 11.5. The van der Waals surface area contributed by atoms with Gasteiger partial charge in [-0.15, -0.1) is 4.83 Å². The van der Waals surface area contributed by atoms with Gasteiger partial charge >= 0.3 is 0 Å². The number of nitrogens with one attached hydrogen (secondary N) is 2. The number of carbonyl (C=O) groups excluding carboxylic acids is 3. The van der Waals surface area contributed by atoms with E-state index in [0.29, 0.717) is 37.6 Å². The van der Waals surface area contributed by atoms with E-state index in [9.17, 15) is 36.7 Å². The number of benzene rings is 3. The molecule has 3 aromatic rings. The quantitative estimate of drug-likeness (QED) is 0.149. The molecule has 2 unspecified atom stereocenters. The number of nitrogens with two attached hydrogens (primary N) is 1. The van der Waals surface area contributed by atoms with Crippen molar-refractivity contribution in [2.24, 2.45) is 5.73 Å². The number of aliphatic hydroxyl groups excluding tert-OH is 1. The van der Waals surface area contributed by atoms with Crippen molar-refractivity contribution in [1.82, 2.24) is 20.1 Å². The summed E-state index contributed by atoms with van der Waals surface area (Å²) in [6.07, 6.45) is -0.347. The zero-order valence-corrected chi connectivity index (χ0v) is 28.1. The minimum atomic E-state index is -3.90. The summed E-state index contributed by atoms with van der Waals surface area (Å²) in [4.78, 5) is 43.3. The van der Waals surface area contributed by atoms with Gasteiger partial charge < -0.3 is 21.1 Å². The van der Waals surface area contributed by atoms with Crippen LogP contribution in [0.2, 0.25) is 0 Å². The van der Waals surface area contributed by atoms with Crippen molar-refractivity contribution in [3.8, 4) is 0 Å². The van der Waals surface area contributed by atoms with Crippen LogP contribution in [0.15, 0.2) is 66.7 Å². The predicted molar refractivity (Wildman–Crippen MR) is 178 cm³/mol. The summed E-state index contributed by atoms with van der Waals surface area (Å²) in [5, 5.41) is 15.3.